The van der Waals surface area contributed by atoms with Gasteiger partial charge in [0.15, 0.2) is 0 Å². The fourth-order valence-corrected chi connectivity index (χ4v) is 13.1. The number of nitrogens with zero attached hydrogens (tertiary/aromatic N) is 2. The van der Waals surface area contributed by atoms with E-state index < -0.39 is 5.41 Å². The second-order valence-electron chi connectivity index (χ2n) is 20.7. The molecule has 356 valence electrons. The molecule has 0 N–H and O–H groups in total. The third-order valence-electron chi connectivity index (χ3n) is 16.7. The summed E-state index contributed by atoms with van der Waals surface area (Å²) in [4.78, 5) is 10.5. The second kappa shape index (κ2) is 17.0. The topological polar surface area (TPSA) is 25.8 Å². The highest BCUT2D eigenvalue weighted by molar-refractivity contribution is 6.26. The maximum atomic E-state index is 5.35. The van der Waals surface area contributed by atoms with Gasteiger partial charge in [-0.05, 0) is 158 Å². The normalized spacial score (nSPS) is 12.8. The fourth-order valence-electron chi connectivity index (χ4n) is 13.1. The van der Waals surface area contributed by atoms with E-state index in [4.69, 9.17) is 9.97 Å². The van der Waals surface area contributed by atoms with Crippen LogP contribution in [0.2, 0.25) is 0 Å². The molecule has 77 heavy (non-hydrogen) atoms. The molecule has 16 rings (SSSR count). The Hall–Kier alpha value is -10.0. The molecule has 0 bridgehead atoms. The van der Waals surface area contributed by atoms with Crippen LogP contribution in [0.15, 0.2) is 279 Å². The van der Waals surface area contributed by atoms with Crippen molar-refractivity contribution in [1.82, 2.24) is 9.97 Å². The molecule has 2 heteroatoms. The van der Waals surface area contributed by atoms with Crippen LogP contribution in [0.5, 0.6) is 0 Å². The molecule has 2 aromatic heterocycles. The summed E-state index contributed by atoms with van der Waals surface area (Å²) in [7, 11) is 0. The lowest BCUT2D eigenvalue weighted by Gasteiger charge is -2.34. The van der Waals surface area contributed by atoms with Gasteiger partial charge in [-0.3, -0.25) is 0 Å². The van der Waals surface area contributed by atoms with Crippen molar-refractivity contribution in [3.63, 3.8) is 0 Å². The van der Waals surface area contributed by atoms with Crippen LogP contribution in [-0.2, 0) is 5.41 Å². The van der Waals surface area contributed by atoms with Gasteiger partial charge in [-0.2, -0.15) is 0 Å². The predicted molar refractivity (Wildman–Crippen MR) is 324 cm³/mol. The van der Waals surface area contributed by atoms with Gasteiger partial charge in [0.25, 0.3) is 0 Å². The molecule has 13 aromatic carbocycles. The molecule has 0 amide bonds. The molecular formula is C75H46N2. The van der Waals surface area contributed by atoms with Crippen LogP contribution in [0, 0.1) is 0 Å². The Labute approximate surface area is 445 Å². The summed E-state index contributed by atoms with van der Waals surface area (Å²) in [5.41, 5.74) is 17.9. The number of fused-ring (bicyclic) bond motifs is 15. The van der Waals surface area contributed by atoms with Gasteiger partial charge in [0.1, 0.15) is 0 Å². The minimum Gasteiger partial charge on any atom is -0.245 e. The zero-order valence-electron chi connectivity index (χ0n) is 42.0. The second-order valence-corrected chi connectivity index (χ2v) is 20.7. The Balaban J connectivity index is 0.833. The molecule has 1 aliphatic carbocycles. The van der Waals surface area contributed by atoms with Crippen LogP contribution >= 0.6 is 0 Å². The van der Waals surface area contributed by atoms with E-state index in [0.717, 1.165) is 44.3 Å². The molecule has 0 radical (unpaired) electrons. The molecule has 0 unspecified atom stereocenters. The summed E-state index contributed by atoms with van der Waals surface area (Å²) in [6.45, 7) is 0. The van der Waals surface area contributed by atoms with E-state index in [1.165, 1.54) is 109 Å². The van der Waals surface area contributed by atoms with Crippen LogP contribution in [-0.4, -0.2) is 9.97 Å². The quantitative estimate of drug-likeness (QED) is 0.155. The molecule has 15 aromatic rings. The van der Waals surface area contributed by atoms with Crippen LogP contribution in [0.25, 0.3) is 132 Å². The number of aromatic nitrogens is 2. The molecule has 0 spiro atoms. The van der Waals surface area contributed by atoms with Gasteiger partial charge in [0.05, 0.1) is 27.8 Å². The zero-order valence-corrected chi connectivity index (χ0v) is 42.0. The first kappa shape index (κ1) is 43.4. The summed E-state index contributed by atoms with van der Waals surface area (Å²) in [6.07, 6.45) is 0. The van der Waals surface area contributed by atoms with Crippen molar-refractivity contribution in [3.8, 4) is 55.9 Å². The number of hydrogen-bond donors (Lipinski definition) is 0. The van der Waals surface area contributed by atoms with Crippen LogP contribution in [0.1, 0.15) is 22.3 Å². The van der Waals surface area contributed by atoms with Crippen molar-refractivity contribution in [3.05, 3.63) is 301 Å². The predicted octanol–water partition coefficient (Wildman–Crippen LogP) is 19.6. The third-order valence-corrected chi connectivity index (χ3v) is 16.7. The maximum absolute atomic E-state index is 5.35. The van der Waals surface area contributed by atoms with Gasteiger partial charge in [-0.15, -0.1) is 0 Å². The Kier molecular flexibility index (Phi) is 9.58. The SMILES string of the molecule is c1ccc(-c2ccc3ccc4ccc(-c5ccc6c7ccc(-c8cccc(-c9cc%10ccccc%10c%10cc%11c(cc9%10)-c9ccccc9C%11(c9ccccc9)c9ccccc9)c8)cc7c7ccccc7c6c5)nc4c3n2)cc1. The van der Waals surface area contributed by atoms with Crippen molar-refractivity contribution >= 4 is 75.7 Å². The monoisotopic (exact) mass is 974 g/mol. The number of rotatable bonds is 6. The van der Waals surface area contributed by atoms with Crippen molar-refractivity contribution in [2.75, 3.05) is 0 Å². The first-order chi connectivity index (χ1) is 38.2. The Morgan fingerprint density at radius 3 is 1.40 bits per heavy atom. The largest absolute Gasteiger partial charge is 0.245 e. The van der Waals surface area contributed by atoms with Crippen molar-refractivity contribution in [2.24, 2.45) is 0 Å². The lowest BCUT2D eigenvalue weighted by atomic mass is 9.67. The smallest absolute Gasteiger partial charge is 0.0972 e. The molecule has 0 aliphatic heterocycles. The number of benzene rings is 13. The highest BCUT2D eigenvalue weighted by Crippen LogP contribution is 2.58. The first-order valence-corrected chi connectivity index (χ1v) is 26.6. The zero-order chi connectivity index (χ0) is 50.6. The average molecular weight is 975 g/mol. The lowest BCUT2D eigenvalue weighted by Crippen LogP contribution is -2.28. The molecule has 0 saturated heterocycles. The molecule has 1 aliphatic rings. The molecule has 0 atom stereocenters. The molecule has 0 saturated carbocycles. The van der Waals surface area contributed by atoms with Crippen LogP contribution < -0.4 is 0 Å². The molecule has 2 nitrogen and oxygen atoms in total. The van der Waals surface area contributed by atoms with E-state index in [1.54, 1.807) is 0 Å². The van der Waals surface area contributed by atoms with Crippen molar-refractivity contribution in [1.29, 1.82) is 0 Å². The Morgan fingerprint density at radius 2 is 0.714 bits per heavy atom. The van der Waals surface area contributed by atoms with E-state index in [2.05, 4.69) is 273 Å². The lowest BCUT2D eigenvalue weighted by molar-refractivity contribution is 0.769. The maximum Gasteiger partial charge on any atom is 0.0972 e. The summed E-state index contributed by atoms with van der Waals surface area (Å²) in [6, 6.07) is 103. The molecule has 2 heterocycles. The Morgan fingerprint density at radius 1 is 0.221 bits per heavy atom. The fraction of sp³-hybridized carbons (Fsp3) is 0.0133. The highest BCUT2D eigenvalue weighted by atomic mass is 14.8. The highest BCUT2D eigenvalue weighted by Gasteiger charge is 2.46. The molecule has 0 fully saturated rings. The van der Waals surface area contributed by atoms with E-state index in [0.29, 0.717) is 0 Å². The van der Waals surface area contributed by atoms with Gasteiger partial charge in [0, 0.05) is 21.9 Å². The van der Waals surface area contributed by atoms with Gasteiger partial charge < -0.3 is 0 Å². The summed E-state index contributed by atoms with van der Waals surface area (Å²) >= 11 is 0. The van der Waals surface area contributed by atoms with Gasteiger partial charge in [-0.1, -0.05) is 231 Å². The average Bonchev–Trinajstić information content (AvgIpc) is 4.02. The van der Waals surface area contributed by atoms with Crippen molar-refractivity contribution in [2.45, 2.75) is 5.41 Å². The van der Waals surface area contributed by atoms with Crippen LogP contribution in [0.4, 0.5) is 0 Å². The summed E-state index contributed by atoms with van der Waals surface area (Å²) < 4.78 is 0. The Bertz CT molecular complexity index is 4850. The third kappa shape index (κ3) is 6.62. The van der Waals surface area contributed by atoms with Gasteiger partial charge >= 0.3 is 0 Å². The van der Waals surface area contributed by atoms with E-state index in [1.807, 2.05) is 6.07 Å². The number of hydrogen-bond acceptors (Lipinski definition) is 2. The van der Waals surface area contributed by atoms with Gasteiger partial charge in [0.2, 0.25) is 0 Å². The first-order valence-electron chi connectivity index (χ1n) is 26.6. The van der Waals surface area contributed by atoms with E-state index in [-0.39, 0.29) is 0 Å². The minimum atomic E-state index is -0.482. The van der Waals surface area contributed by atoms with E-state index in [9.17, 15) is 0 Å². The summed E-state index contributed by atoms with van der Waals surface area (Å²) in [5.74, 6) is 0. The standard InChI is InChI=1S/C75H46N2/c1-4-17-47(18-5-1)71-39-35-48-31-32-49-36-40-72(77-74(49)73(48)76-71)54-34-38-61-60-37-33-51(42-64(60)58-27-12-13-28-59(58)65(61)44-54)50-20-16-21-52(41-50)63-43-53-19-10-11-26-57(53)67-46-70-68(45-66(63)67)62-29-14-15-30-69(62)75(70,55-22-6-2-7-23-55)56-24-8-3-9-25-56/h1-46H. The van der Waals surface area contributed by atoms with Crippen molar-refractivity contribution < 1.29 is 0 Å². The van der Waals surface area contributed by atoms with E-state index >= 15 is 0 Å². The molecular weight excluding hydrogens is 929 g/mol. The number of pyridine rings is 2. The van der Waals surface area contributed by atoms with Gasteiger partial charge in [-0.25, -0.2) is 9.97 Å². The summed E-state index contributed by atoms with van der Waals surface area (Å²) in [5, 5.41) is 14.5. The van der Waals surface area contributed by atoms with Crippen LogP contribution in [0.3, 0.4) is 0 Å². The minimum absolute atomic E-state index is 0.482.